The van der Waals surface area contributed by atoms with E-state index < -0.39 is 0 Å². The monoisotopic (exact) mass is 285 g/mol. The summed E-state index contributed by atoms with van der Waals surface area (Å²) in [4.78, 5) is 0. The molecule has 0 atom stereocenters. The van der Waals surface area contributed by atoms with Gasteiger partial charge in [0, 0.05) is 18.3 Å². The maximum absolute atomic E-state index is 13.4. The van der Waals surface area contributed by atoms with Gasteiger partial charge in [0.1, 0.15) is 0 Å². The van der Waals surface area contributed by atoms with Gasteiger partial charge < -0.3 is 10.5 Å². The molecule has 0 bridgehead atoms. The molecule has 4 nitrogen and oxygen atoms in total. The number of rotatable bonds is 5. The molecule has 2 rings (SSSR count). The van der Waals surface area contributed by atoms with E-state index in [-0.39, 0.29) is 24.0 Å². The molecule has 0 aliphatic heterocycles. The summed E-state index contributed by atoms with van der Waals surface area (Å²) < 4.78 is 20.4. The number of hydrogen-bond donors (Lipinski definition) is 1. The molecule has 0 amide bonds. The van der Waals surface area contributed by atoms with E-state index in [1.165, 1.54) is 6.07 Å². The molecule has 6 heteroatoms. The molecule has 2 aromatic rings. The van der Waals surface area contributed by atoms with E-state index in [4.69, 9.17) is 10.5 Å². The number of nitrogens with zero attached hydrogens (tertiary/aromatic N) is 2. The molecule has 1 heterocycles. The molecule has 1 aromatic heterocycles. The summed E-state index contributed by atoms with van der Waals surface area (Å²) in [5.74, 6) is -0.0866. The minimum Gasteiger partial charge on any atom is -0.491 e. The van der Waals surface area contributed by atoms with Gasteiger partial charge in [-0.2, -0.15) is 5.10 Å². The van der Waals surface area contributed by atoms with Crippen LogP contribution in [0.4, 0.5) is 4.39 Å². The zero-order valence-electron chi connectivity index (χ0n) is 10.7. The first-order valence-corrected chi connectivity index (χ1v) is 5.90. The summed E-state index contributed by atoms with van der Waals surface area (Å²) in [7, 11) is 0. The summed E-state index contributed by atoms with van der Waals surface area (Å²) in [5.41, 5.74) is 7.26. The van der Waals surface area contributed by atoms with E-state index in [2.05, 4.69) is 5.10 Å². The Morgan fingerprint density at radius 3 is 2.84 bits per heavy atom. The van der Waals surface area contributed by atoms with Gasteiger partial charge in [0.2, 0.25) is 0 Å². The zero-order valence-corrected chi connectivity index (χ0v) is 11.5. The smallest absolute Gasteiger partial charge is 0.165 e. The van der Waals surface area contributed by atoms with Gasteiger partial charge in [0.15, 0.2) is 11.6 Å². The topological polar surface area (TPSA) is 53.1 Å². The lowest BCUT2D eigenvalue weighted by Crippen LogP contribution is -2.09. The van der Waals surface area contributed by atoms with E-state index >= 15 is 0 Å². The number of hydrogen-bond acceptors (Lipinski definition) is 3. The summed E-state index contributed by atoms with van der Waals surface area (Å²) in [6.07, 6.45) is 3.62. The summed E-state index contributed by atoms with van der Waals surface area (Å²) in [6.45, 7) is 3.46. The van der Waals surface area contributed by atoms with Crippen LogP contribution in [0.3, 0.4) is 0 Å². The standard InChI is InChI=1S/C13H16FN3O.ClH/c1-2-18-13-7-10(3-4-12(13)14)11-8-16-17(9-11)6-5-15;/h3-4,7-9H,2,5-6,15H2,1H3;1H. The van der Waals surface area contributed by atoms with Crippen LogP contribution in [0.5, 0.6) is 5.75 Å². The van der Waals surface area contributed by atoms with Crippen LogP contribution in [-0.4, -0.2) is 22.9 Å². The van der Waals surface area contributed by atoms with Crippen molar-refractivity contribution in [1.82, 2.24) is 9.78 Å². The summed E-state index contributed by atoms with van der Waals surface area (Å²) in [6, 6.07) is 4.80. The fourth-order valence-corrected chi connectivity index (χ4v) is 1.72. The van der Waals surface area contributed by atoms with Crippen molar-refractivity contribution in [1.29, 1.82) is 0 Å². The highest BCUT2D eigenvalue weighted by Crippen LogP contribution is 2.26. The Labute approximate surface area is 117 Å². The van der Waals surface area contributed by atoms with E-state index in [0.29, 0.717) is 19.7 Å². The molecular weight excluding hydrogens is 269 g/mol. The molecule has 19 heavy (non-hydrogen) atoms. The number of ether oxygens (including phenoxy) is 1. The Morgan fingerprint density at radius 1 is 1.37 bits per heavy atom. The van der Waals surface area contributed by atoms with Crippen LogP contribution in [0.1, 0.15) is 6.92 Å². The molecule has 0 saturated carbocycles. The Morgan fingerprint density at radius 2 is 2.16 bits per heavy atom. The van der Waals surface area contributed by atoms with Crippen LogP contribution >= 0.6 is 12.4 Å². The van der Waals surface area contributed by atoms with Gasteiger partial charge in [-0.1, -0.05) is 6.07 Å². The third-order valence-corrected chi connectivity index (χ3v) is 2.56. The van der Waals surface area contributed by atoms with E-state index in [0.717, 1.165) is 11.1 Å². The van der Waals surface area contributed by atoms with E-state index in [9.17, 15) is 4.39 Å². The van der Waals surface area contributed by atoms with Crippen LogP contribution in [0, 0.1) is 5.82 Å². The maximum Gasteiger partial charge on any atom is 0.165 e. The summed E-state index contributed by atoms with van der Waals surface area (Å²) >= 11 is 0. The molecular formula is C13H17ClFN3O. The summed E-state index contributed by atoms with van der Waals surface area (Å²) in [5, 5.41) is 4.18. The molecule has 0 aliphatic rings. The predicted octanol–water partition coefficient (Wildman–Crippen LogP) is 2.47. The minimum absolute atomic E-state index is 0. The van der Waals surface area contributed by atoms with Gasteiger partial charge in [-0.05, 0) is 24.6 Å². The molecule has 0 saturated heterocycles. The average Bonchev–Trinajstić information content (AvgIpc) is 2.81. The molecule has 1 aromatic carbocycles. The first-order chi connectivity index (χ1) is 8.74. The number of benzene rings is 1. The van der Waals surface area contributed by atoms with Gasteiger partial charge in [0.25, 0.3) is 0 Å². The molecule has 0 aliphatic carbocycles. The lowest BCUT2D eigenvalue weighted by molar-refractivity contribution is 0.322. The third kappa shape index (κ3) is 3.68. The maximum atomic E-state index is 13.4. The predicted molar refractivity (Wildman–Crippen MR) is 75.1 cm³/mol. The van der Waals surface area contributed by atoms with E-state index in [1.807, 2.05) is 13.1 Å². The van der Waals surface area contributed by atoms with Gasteiger partial charge in [-0.3, -0.25) is 4.68 Å². The Kier molecular flexibility index (Phi) is 5.79. The first kappa shape index (κ1) is 15.5. The van der Waals surface area contributed by atoms with Gasteiger partial charge in [0.05, 0.1) is 19.3 Å². The van der Waals surface area contributed by atoms with Crippen LogP contribution in [-0.2, 0) is 6.54 Å². The highest BCUT2D eigenvalue weighted by atomic mass is 35.5. The number of aromatic nitrogens is 2. The molecule has 104 valence electrons. The molecule has 0 spiro atoms. The number of halogens is 2. The molecule has 2 N–H and O–H groups in total. The second-order valence-corrected chi connectivity index (χ2v) is 3.86. The normalized spacial score (nSPS) is 10.1. The van der Waals surface area contributed by atoms with Crippen LogP contribution in [0.25, 0.3) is 11.1 Å². The van der Waals surface area contributed by atoms with Gasteiger partial charge in [-0.15, -0.1) is 12.4 Å². The Balaban J connectivity index is 0.00000180. The fourth-order valence-electron chi connectivity index (χ4n) is 1.72. The van der Waals surface area contributed by atoms with Crippen molar-refractivity contribution in [2.75, 3.05) is 13.2 Å². The fraction of sp³-hybridized carbons (Fsp3) is 0.308. The van der Waals surface area contributed by atoms with Crippen molar-refractivity contribution in [2.24, 2.45) is 5.73 Å². The molecule has 0 unspecified atom stereocenters. The Bertz CT molecular complexity index is 530. The average molecular weight is 286 g/mol. The zero-order chi connectivity index (χ0) is 13.0. The molecule has 0 radical (unpaired) electrons. The second-order valence-electron chi connectivity index (χ2n) is 3.86. The van der Waals surface area contributed by atoms with Crippen molar-refractivity contribution < 1.29 is 9.13 Å². The first-order valence-electron chi connectivity index (χ1n) is 5.90. The second kappa shape index (κ2) is 7.11. The van der Waals surface area contributed by atoms with Gasteiger partial charge in [-0.25, -0.2) is 4.39 Å². The quantitative estimate of drug-likeness (QED) is 0.918. The van der Waals surface area contributed by atoms with Gasteiger partial charge >= 0.3 is 0 Å². The minimum atomic E-state index is -0.352. The van der Waals surface area contributed by atoms with Crippen LogP contribution in [0.15, 0.2) is 30.6 Å². The van der Waals surface area contributed by atoms with Crippen molar-refractivity contribution in [3.05, 3.63) is 36.4 Å². The molecule has 0 fully saturated rings. The van der Waals surface area contributed by atoms with Crippen molar-refractivity contribution >= 4 is 12.4 Å². The van der Waals surface area contributed by atoms with Crippen LogP contribution < -0.4 is 10.5 Å². The third-order valence-electron chi connectivity index (χ3n) is 2.56. The number of nitrogens with two attached hydrogens (primary N) is 1. The SMILES string of the molecule is CCOc1cc(-c2cnn(CCN)c2)ccc1F.Cl. The van der Waals surface area contributed by atoms with E-state index in [1.54, 1.807) is 23.0 Å². The largest absolute Gasteiger partial charge is 0.491 e. The Hall–Kier alpha value is -1.59. The van der Waals surface area contributed by atoms with Crippen LogP contribution in [0.2, 0.25) is 0 Å². The highest BCUT2D eigenvalue weighted by molar-refractivity contribution is 5.85. The highest BCUT2D eigenvalue weighted by Gasteiger charge is 2.07. The lowest BCUT2D eigenvalue weighted by atomic mass is 10.1. The van der Waals surface area contributed by atoms with Crippen molar-refractivity contribution in [3.63, 3.8) is 0 Å². The lowest BCUT2D eigenvalue weighted by Gasteiger charge is -2.06. The van der Waals surface area contributed by atoms with Crippen molar-refractivity contribution in [2.45, 2.75) is 13.5 Å². The van der Waals surface area contributed by atoms with Crippen molar-refractivity contribution in [3.8, 4) is 16.9 Å².